The molecule has 0 N–H and O–H groups in total. The van der Waals surface area contributed by atoms with Gasteiger partial charge in [0.1, 0.15) is 13.2 Å². The fraction of sp³-hybridized carbons (Fsp3) is 0.625. The Labute approximate surface area is 396 Å². The molecule has 0 aromatic carbocycles. The summed E-state index contributed by atoms with van der Waals surface area (Å²) in [5.41, 5.74) is 0. The van der Waals surface area contributed by atoms with Gasteiger partial charge in [0.15, 0.2) is 12.4 Å². The fourth-order valence-electron chi connectivity index (χ4n) is 6.13. The fourth-order valence-corrected chi connectivity index (χ4v) is 6.13. The number of hydrogen-bond donors (Lipinski definition) is 0. The van der Waals surface area contributed by atoms with Gasteiger partial charge in [-0.05, 0) is 103 Å². The van der Waals surface area contributed by atoms with E-state index in [0.29, 0.717) is 23.9 Å². The summed E-state index contributed by atoms with van der Waals surface area (Å²) in [7, 11) is 5.88. The van der Waals surface area contributed by atoms with Gasteiger partial charge >= 0.3 is 11.9 Å². The molecule has 65 heavy (non-hydrogen) atoms. The third-order valence-electron chi connectivity index (χ3n) is 10.0. The van der Waals surface area contributed by atoms with E-state index in [1.807, 2.05) is 21.1 Å². The molecule has 0 spiro atoms. The molecule has 368 valence electrons. The minimum Gasteiger partial charge on any atom is -0.545 e. The summed E-state index contributed by atoms with van der Waals surface area (Å²) < 4.78 is 22.5. The van der Waals surface area contributed by atoms with Crippen LogP contribution >= 0.6 is 0 Å². The van der Waals surface area contributed by atoms with E-state index in [2.05, 4.69) is 123 Å². The van der Waals surface area contributed by atoms with Gasteiger partial charge in [0.2, 0.25) is 0 Å². The van der Waals surface area contributed by atoms with E-state index in [1.165, 1.54) is 25.7 Å². The summed E-state index contributed by atoms with van der Waals surface area (Å²) in [5.74, 6) is -2.38. The average Bonchev–Trinajstić information content (AvgIpc) is 3.27. The highest BCUT2D eigenvalue weighted by Gasteiger charge is 2.21. The highest BCUT2D eigenvalue weighted by atomic mass is 16.7. The standard InChI is InChI=1S/C56H91NO8/c1-6-8-10-12-14-16-18-20-22-24-26-27-29-31-33-35-37-39-41-43-45-47-54(59)65-52(51-64-56(55(60)61)62-49-48-57(3,4)5)50-63-53(58)46-44-42-40-38-36-34-32-30-28-25-23-21-19-17-15-13-11-9-7-2/h8,10,14-17,20-23,26-28,30-31,33,37,39,52,56H,6-7,9,11-13,18-19,24-25,29,32,34-36,38,40-51H2,1-5H3/b10-8-,16-14-,17-15-,22-20-,23-21-,27-26-,30-28-,33-31-,39-37-. The lowest BCUT2D eigenvalue weighted by Crippen LogP contribution is -2.44. The molecule has 0 aromatic rings. The first-order chi connectivity index (χ1) is 31.6. The van der Waals surface area contributed by atoms with E-state index in [9.17, 15) is 19.5 Å². The zero-order chi connectivity index (χ0) is 47.7. The highest BCUT2D eigenvalue weighted by molar-refractivity contribution is 5.70. The maximum atomic E-state index is 12.8. The lowest BCUT2D eigenvalue weighted by Gasteiger charge is -2.26. The predicted octanol–water partition coefficient (Wildman–Crippen LogP) is 12.7. The Bertz CT molecular complexity index is 1430. The topological polar surface area (TPSA) is 111 Å². The number of esters is 2. The van der Waals surface area contributed by atoms with E-state index in [0.717, 1.165) is 103 Å². The number of carbonyl (C=O) groups excluding carboxylic acids is 3. The van der Waals surface area contributed by atoms with Crippen LogP contribution in [-0.4, -0.2) is 82.3 Å². The number of allylic oxidation sites excluding steroid dienone is 18. The largest absolute Gasteiger partial charge is 0.545 e. The molecule has 0 aliphatic heterocycles. The number of rotatable bonds is 44. The quantitative estimate of drug-likeness (QED) is 0.0195. The number of aliphatic carboxylic acids is 1. The molecule has 0 radical (unpaired) electrons. The second-order valence-corrected chi connectivity index (χ2v) is 17.4. The number of likely N-dealkylation sites (N-methyl/N-ethyl adjacent to an activating group) is 1. The predicted molar refractivity (Wildman–Crippen MR) is 269 cm³/mol. The van der Waals surface area contributed by atoms with Crippen LogP contribution in [0.4, 0.5) is 0 Å². The molecule has 0 aliphatic carbocycles. The van der Waals surface area contributed by atoms with Crippen LogP contribution in [0.25, 0.3) is 0 Å². The van der Waals surface area contributed by atoms with Crippen LogP contribution in [0.15, 0.2) is 109 Å². The summed E-state index contributed by atoms with van der Waals surface area (Å²) in [6.45, 7) is 4.51. The van der Waals surface area contributed by atoms with E-state index in [1.54, 1.807) is 0 Å². The number of ether oxygens (including phenoxy) is 4. The Balaban J connectivity index is 4.51. The van der Waals surface area contributed by atoms with E-state index in [4.69, 9.17) is 18.9 Å². The lowest BCUT2D eigenvalue weighted by atomic mass is 10.1. The number of unbranched alkanes of at least 4 members (excludes halogenated alkanes) is 11. The molecule has 0 aliphatic rings. The molecule has 9 heteroatoms. The van der Waals surface area contributed by atoms with Crippen LogP contribution in [0.5, 0.6) is 0 Å². The van der Waals surface area contributed by atoms with Crippen molar-refractivity contribution < 1.29 is 42.9 Å². The van der Waals surface area contributed by atoms with Gasteiger partial charge in [-0.3, -0.25) is 9.59 Å². The number of quaternary nitrogens is 1. The SMILES string of the molecule is CC/C=C\C/C=C\C/C=C\C/C=C\C/C=C\C/C=C\CCCCC(=O)OC(COC(=O)CCCCCCCC/C=C\C/C=C\C/C=C\CCCCC)COC(OCC[N+](C)(C)C)C(=O)[O-]. The van der Waals surface area contributed by atoms with Gasteiger partial charge in [0.05, 0.1) is 40.3 Å². The smallest absolute Gasteiger partial charge is 0.306 e. The summed E-state index contributed by atoms with van der Waals surface area (Å²) in [6.07, 6.45) is 59.8. The van der Waals surface area contributed by atoms with E-state index in [-0.39, 0.29) is 38.6 Å². The van der Waals surface area contributed by atoms with E-state index < -0.39 is 24.3 Å². The van der Waals surface area contributed by atoms with Crippen molar-refractivity contribution in [2.45, 2.75) is 180 Å². The number of nitrogens with zero attached hydrogens (tertiary/aromatic N) is 1. The van der Waals surface area contributed by atoms with Crippen molar-refractivity contribution in [3.8, 4) is 0 Å². The van der Waals surface area contributed by atoms with Gasteiger partial charge in [-0.25, -0.2) is 0 Å². The second kappa shape index (κ2) is 46.5. The van der Waals surface area contributed by atoms with Crippen molar-refractivity contribution in [1.29, 1.82) is 0 Å². The van der Waals surface area contributed by atoms with E-state index >= 15 is 0 Å². The number of carboxylic acids is 1. The molecule has 0 bridgehead atoms. The zero-order valence-corrected chi connectivity index (χ0v) is 41.6. The number of hydrogen-bond acceptors (Lipinski definition) is 8. The van der Waals surface area contributed by atoms with Gasteiger partial charge in [0.25, 0.3) is 0 Å². The molecular weight excluding hydrogens is 815 g/mol. The monoisotopic (exact) mass is 906 g/mol. The third kappa shape index (κ3) is 47.7. The van der Waals surface area contributed by atoms with Crippen molar-refractivity contribution in [2.24, 2.45) is 0 Å². The molecule has 0 saturated carbocycles. The van der Waals surface area contributed by atoms with Crippen molar-refractivity contribution >= 4 is 17.9 Å². The Morgan fingerprint density at radius 1 is 0.477 bits per heavy atom. The van der Waals surface area contributed by atoms with Crippen molar-refractivity contribution in [3.63, 3.8) is 0 Å². The molecule has 0 amide bonds. The Morgan fingerprint density at radius 3 is 1.34 bits per heavy atom. The van der Waals surface area contributed by atoms with Crippen molar-refractivity contribution in [2.75, 3.05) is 47.5 Å². The van der Waals surface area contributed by atoms with Crippen LogP contribution < -0.4 is 5.11 Å². The third-order valence-corrected chi connectivity index (χ3v) is 10.0. The molecule has 9 nitrogen and oxygen atoms in total. The minimum absolute atomic E-state index is 0.130. The summed E-state index contributed by atoms with van der Waals surface area (Å²) in [5, 5.41) is 11.7. The zero-order valence-electron chi connectivity index (χ0n) is 41.6. The van der Waals surface area contributed by atoms with Gasteiger partial charge in [-0.15, -0.1) is 0 Å². The second-order valence-electron chi connectivity index (χ2n) is 17.4. The molecule has 0 saturated heterocycles. The number of carboxylic acid groups (broad SMARTS) is 1. The van der Waals surface area contributed by atoms with Crippen molar-refractivity contribution in [1.82, 2.24) is 0 Å². The molecule has 2 atom stereocenters. The maximum absolute atomic E-state index is 12.8. The summed E-state index contributed by atoms with van der Waals surface area (Å²) >= 11 is 0. The van der Waals surface area contributed by atoms with Crippen molar-refractivity contribution in [3.05, 3.63) is 109 Å². The lowest BCUT2D eigenvalue weighted by molar-refractivity contribution is -0.870. The first-order valence-corrected chi connectivity index (χ1v) is 25.0. The molecule has 0 aromatic heterocycles. The molecule has 0 fully saturated rings. The van der Waals surface area contributed by atoms with Crippen LogP contribution in [0.1, 0.15) is 168 Å². The molecular formula is C56H91NO8. The first kappa shape index (κ1) is 60.9. The van der Waals surface area contributed by atoms with Crippen LogP contribution in [0.3, 0.4) is 0 Å². The Hall–Kier alpha value is -4.05. The van der Waals surface area contributed by atoms with Crippen LogP contribution in [0.2, 0.25) is 0 Å². The molecule has 2 unspecified atom stereocenters. The first-order valence-electron chi connectivity index (χ1n) is 25.0. The Morgan fingerprint density at radius 2 is 0.877 bits per heavy atom. The Kier molecular flexibility index (Phi) is 43.6. The normalized spacial score (nSPS) is 13.8. The van der Waals surface area contributed by atoms with Crippen LogP contribution in [0, 0.1) is 0 Å². The average molecular weight is 906 g/mol. The van der Waals surface area contributed by atoms with Crippen LogP contribution in [-0.2, 0) is 33.3 Å². The maximum Gasteiger partial charge on any atom is 0.306 e. The van der Waals surface area contributed by atoms with Gasteiger partial charge in [0, 0.05) is 12.8 Å². The molecule has 0 heterocycles. The summed E-state index contributed by atoms with van der Waals surface area (Å²) in [4.78, 5) is 37.1. The van der Waals surface area contributed by atoms with Gasteiger partial charge in [-0.1, -0.05) is 162 Å². The summed E-state index contributed by atoms with van der Waals surface area (Å²) in [6, 6.07) is 0. The van der Waals surface area contributed by atoms with Gasteiger partial charge < -0.3 is 33.3 Å². The highest BCUT2D eigenvalue weighted by Crippen LogP contribution is 2.12. The van der Waals surface area contributed by atoms with Gasteiger partial charge in [-0.2, -0.15) is 0 Å². The minimum atomic E-state index is -1.64. The number of carbonyl (C=O) groups is 3. The molecule has 0 rings (SSSR count).